The maximum Gasteiger partial charge on any atom is 0.251 e. The Labute approximate surface area is 255 Å². The van der Waals surface area contributed by atoms with Crippen LogP contribution in [-0.2, 0) is 16.0 Å². The molecule has 0 saturated carbocycles. The van der Waals surface area contributed by atoms with Gasteiger partial charge in [0.15, 0.2) is 12.0 Å². The molecule has 3 aliphatic rings. The smallest absolute Gasteiger partial charge is 0.251 e. The van der Waals surface area contributed by atoms with Gasteiger partial charge in [0.2, 0.25) is 5.88 Å². The molecule has 1 saturated heterocycles. The number of likely N-dealkylation sites (tertiary alicyclic amines) is 1. The molecule has 2 aromatic rings. The molecule has 7 nitrogen and oxygen atoms in total. The van der Waals surface area contributed by atoms with E-state index in [-0.39, 0.29) is 11.9 Å². The minimum atomic E-state index is 0.00836. The number of aryl methyl sites for hydroxylation is 2. The number of nitriles is 1. The predicted molar refractivity (Wildman–Crippen MR) is 168 cm³/mol. The lowest BCUT2D eigenvalue weighted by Crippen LogP contribution is -2.48. The number of carbonyl (C=O) groups excluding carboxylic acids is 1. The van der Waals surface area contributed by atoms with Crippen molar-refractivity contribution in [2.24, 2.45) is 0 Å². The van der Waals surface area contributed by atoms with Crippen molar-refractivity contribution in [2.45, 2.75) is 71.5 Å². The molecule has 1 aliphatic carbocycles. The van der Waals surface area contributed by atoms with Crippen molar-refractivity contribution < 1.29 is 14.3 Å². The number of hydrogen-bond donors (Lipinski definition) is 1. The second-order valence-corrected chi connectivity index (χ2v) is 11.7. The summed E-state index contributed by atoms with van der Waals surface area (Å²) in [6.07, 6.45) is 14.5. The number of piperidine rings is 1. The molecule has 7 heteroatoms. The summed E-state index contributed by atoms with van der Waals surface area (Å²) in [5.74, 6) is 1.47. The number of hydrogen-bond acceptors (Lipinski definition) is 6. The summed E-state index contributed by atoms with van der Waals surface area (Å²) in [5, 5.41) is 12.6. The zero-order chi connectivity index (χ0) is 30.2. The fourth-order valence-electron chi connectivity index (χ4n) is 6.19. The molecule has 2 aromatic carbocycles. The summed E-state index contributed by atoms with van der Waals surface area (Å²) in [7, 11) is 0. The van der Waals surface area contributed by atoms with Gasteiger partial charge in [0.05, 0.1) is 11.6 Å². The second kappa shape index (κ2) is 14.3. The van der Waals surface area contributed by atoms with E-state index in [0.717, 1.165) is 78.8 Å². The Balaban J connectivity index is 1.20. The fraction of sp³-hybridized carbons (Fsp3) is 0.389. The summed E-state index contributed by atoms with van der Waals surface area (Å²) in [5.41, 5.74) is 5.65. The van der Waals surface area contributed by atoms with Crippen LogP contribution >= 0.6 is 0 Å². The van der Waals surface area contributed by atoms with Gasteiger partial charge in [-0.3, -0.25) is 4.79 Å². The van der Waals surface area contributed by atoms with Gasteiger partial charge < -0.3 is 24.6 Å². The number of carbonyl (C=O) groups is 1. The van der Waals surface area contributed by atoms with Crippen LogP contribution in [0.2, 0.25) is 0 Å². The van der Waals surface area contributed by atoms with Crippen molar-refractivity contribution in [1.82, 2.24) is 15.1 Å². The van der Waals surface area contributed by atoms with Crippen LogP contribution in [0, 0.1) is 25.2 Å². The van der Waals surface area contributed by atoms with Gasteiger partial charge in [0.1, 0.15) is 6.26 Å². The highest BCUT2D eigenvalue weighted by Crippen LogP contribution is 2.32. The second-order valence-electron chi connectivity index (χ2n) is 11.7. The maximum absolute atomic E-state index is 12.8. The molecule has 1 N–H and O–H groups in total. The Morgan fingerprint density at radius 2 is 1.91 bits per heavy atom. The molecule has 0 spiro atoms. The molecule has 224 valence electrons. The number of nitrogens with one attached hydrogen (secondary N) is 1. The zero-order valence-electron chi connectivity index (χ0n) is 25.5. The first-order chi connectivity index (χ1) is 20.9. The maximum atomic E-state index is 12.8. The monoisotopic (exact) mass is 578 g/mol. The van der Waals surface area contributed by atoms with Crippen LogP contribution in [0.25, 0.3) is 0 Å². The highest BCUT2D eigenvalue weighted by molar-refractivity contribution is 5.97. The third-order valence-electron chi connectivity index (χ3n) is 8.70. The van der Waals surface area contributed by atoms with Crippen LogP contribution in [0.1, 0.15) is 71.6 Å². The summed E-state index contributed by atoms with van der Waals surface area (Å²) >= 11 is 0. The predicted octanol–water partition coefficient (Wildman–Crippen LogP) is 6.61. The van der Waals surface area contributed by atoms with Crippen molar-refractivity contribution in [3.63, 3.8) is 0 Å². The van der Waals surface area contributed by atoms with Gasteiger partial charge in [-0.25, -0.2) is 0 Å². The summed E-state index contributed by atoms with van der Waals surface area (Å²) in [6.45, 7) is 9.41. The van der Waals surface area contributed by atoms with E-state index in [9.17, 15) is 10.1 Å². The Kier molecular flexibility index (Phi) is 10.0. The van der Waals surface area contributed by atoms with E-state index in [2.05, 4.69) is 52.4 Å². The minimum Gasteiger partial charge on any atom is -0.463 e. The lowest BCUT2D eigenvalue weighted by molar-refractivity contribution is 0.0478. The number of benzene rings is 2. The summed E-state index contributed by atoms with van der Waals surface area (Å²) < 4.78 is 12.3. The van der Waals surface area contributed by atoms with Gasteiger partial charge in [-0.2, -0.15) is 5.26 Å². The number of ether oxygens (including phenoxy) is 2. The van der Waals surface area contributed by atoms with Gasteiger partial charge in [-0.05, 0) is 87.3 Å². The largest absolute Gasteiger partial charge is 0.463 e. The van der Waals surface area contributed by atoms with Crippen molar-refractivity contribution in [2.75, 3.05) is 19.6 Å². The highest BCUT2D eigenvalue weighted by atomic mass is 16.6. The van der Waals surface area contributed by atoms with Crippen molar-refractivity contribution >= 4 is 5.91 Å². The van der Waals surface area contributed by atoms with Crippen LogP contribution in [0.3, 0.4) is 0 Å². The summed E-state index contributed by atoms with van der Waals surface area (Å²) in [6, 6.07) is 16.6. The van der Waals surface area contributed by atoms with E-state index in [1.807, 2.05) is 50.2 Å². The van der Waals surface area contributed by atoms with Crippen molar-refractivity contribution in [1.29, 1.82) is 5.26 Å². The molecule has 0 bridgehead atoms. The summed E-state index contributed by atoms with van der Waals surface area (Å²) in [4.78, 5) is 17.7. The van der Waals surface area contributed by atoms with Crippen LogP contribution in [0.4, 0.5) is 0 Å². The van der Waals surface area contributed by atoms with E-state index in [0.29, 0.717) is 30.6 Å². The van der Waals surface area contributed by atoms with Gasteiger partial charge in [-0.1, -0.05) is 48.6 Å². The molecular formula is C36H42N4O3. The quantitative estimate of drug-likeness (QED) is 0.342. The van der Waals surface area contributed by atoms with Crippen LogP contribution < -0.4 is 5.32 Å². The highest BCUT2D eigenvalue weighted by Gasteiger charge is 2.31. The number of amides is 1. The van der Waals surface area contributed by atoms with E-state index < -0.39 is 0 Å². The molecule has 2 aliphatic heterocycles. The minimum absolute atomic E-state index is 0.00836. The molecular weight excluding hydrogens is 536 g/mol. The lowest BCUT2D eigenvalue weighted by Gasteiger charge is -2.42. The number of rotatable bonds is 10. The average molecular weight is 579 g/mol. The Morgan fingerprint density at radius 3 is 2.63 bits per heavy atom. The third-order valence-corrected chi connectivity index (χ3v) is 8.70. The molecule has 2 heterocycles. The van der Waals surface area contributed by atoms with Gasteiger partial charge >= 0.3 is 0 Å². The van der Waals surface area contributed by atoms with Crippen molar-refractivity contribution in [3.05, 3.63) is 118 Å². The van der Waals surface area contributed by atoms with Crippen LogP contribution in [-0.4, -0.2) is 47.4 Å². The third kappa shape index (κ3) is 7.57. The average Bonchev–Trinajstić information content (AvgIpc) is 3.04. The van der Waals surface area contributed by atoms with Crippen molar-refractivity contribution in [3.8, 4) is 6.07 Å². The Hall–Kier alpha value is -4.28. The van der Waals surface area contributed by atoms with E-state index in [4.69, 9.17) is 9.47 Å². The molecule has 5 rings (SSSR count). The first-order valence-electron chi connectivity index (χ1n) is 15.4. The van der Waals surface area contributed by atoms with Gasteiger partial charge in [0.25, 0.3) is 5.91 Å². The normalized spacial score (nSPS) is 17.9. The number of nitrogens with zero attached hydrogens (tertiary/aromatic N) is 3. The first kappa shape index (κ1) is 30.2. The van der Waals surface area contributed by atoms with Crippen LogP contribution in [0.15, 0.2) is 90.4 Å². The first-order valence-corrected chi connectivity index (χ1v) is 15.4. The SMILES string of the molecule is Cc1cccc(C)c1C(=O)NCCC(C)N1CCC(N(Cc2cccc(C#N)c2)C2=COC=C(C3=CC=CCC3)O2)CC1. The molecule has 1 amide bonds. The van der Waals surface area contributed by atoms with Crippen LogP contribution in [0.5, 0.6) is 0 Å². The molecule has 1 unspecified atom stereocenters. The molecule has 43 heavy (non-hydrogen) atoms. The Morgan fingerprint density at radius 1 is 1.14 bits per heavy atom. The Bertz CT molecular complexity index is 1450. The number of allylic oxidation sites excluding steroid dienone is 4. The molecule has 0 aromatic heterocycles. The zero-order valence-corrected chi connectivity index (χ0v) is 25.5. The van der Waals surface area contributed by atoms with E-state index in [1.165, 1.54) is 0 Å². The van der Waals surface area contributed by atoms with E-state index >= 15 is 0 Å². The van der Waals surface area contributed by atoms with E-state index in [1.54, 1.807) is 12.5 Å². The topological polar surface area (TPSA) is 77.8 Å². The molecule has 1 fully saturated rings. The lowest BCUT2D eigenvalue weighted by atomic mass is 9.99. The van der Waals surface area contributed by atoms with Gasteiger partial charge in [0, 0.05) is 43.8 Å². The fourth-order valence-corrected chi connectivity index (χ4v) is 6.19. The van der Waals surface area contributed by atoms with Gasteiger partial charge in [-0.15, -0.1) is 0 Å². The molecule has 1 atom stereocenters. The standard InChI is InChI=1S/C36H42N4O3/c1-26-9-7-10-27(2)35(26)36(41)38-18-15-28(3)39-19-16-32(17-20-39)40(23-30-12-8-11-29(21-30)22-37)34-25-42-24-33(43-34)31-13-5-4-6-14-31/h4-5,7-13,21,24-25,28,32H,6,14-20,23H2,1-3H3,(H,38,41). The molecule has 0 radical (unpaired) electrons.